The molecule has 2 N–H and O–H groups in total. The van der Waals surface area contributed by atoms with E-state index < -0.39 is 0 Å². The van der Waals surface area contributed by atoms with E-state index in [0.717, 1.165) is 19.0 Å². The van der Waals surface area contributed by atoms with Crippen molar-refractivity contribution < 1.29 is 4.39 Å². The van der Waals surface area contributed by atoms with E-state index in [-0.39, 0.29) is 29.8 Å². The zero-order chi connectivity index (χ0) is 13.4. The standard InChI is InChI=1S/C13H19ClFN3.HI/c1-3-16-13(17-4-2)18-9-8-10-11(14)6-5-7-12(10)15;/h5-7H,3-4,8-9H2,1-2H3,(H2,16,17,18);1H. The second-order valence-electron chi connectivity index (χ2n) is 3.74. The van der Waals surface area contributed by atoms with Crippen molar-refractivity contribution in [1.29, 1.82) is 0 Å². The maximum absolute atomic E-state index is 13.5. The molecule has 19 heavy (non-hydrogen) atoms. The molecule has 0 atom stereocenters. The third kappa shape index (κ3) is 6.42. The highest BCUT2D eigenvalue weighted by Gasteiger charge is 2.06. The van der Waals surface area contributed by atoms with Crippen LogP contribution >= 0.6 is 35.6 Å². The van der Waals surface area contributed by atoms with Crippen molar-refractivity contribution in [2.45, 2.75) is 20.3 Å². The lowest BCUT2D eigenvalue weighted by Crippen LogP contribution is -2.37. The van der Waals surface area contributed by atoms with Gasteiger partial charge in [0.1, 0.15) is 5.82 Å². The van der Waals surface area contributed by atoms with E-state index in [1.165, 1.54) is 6.07 Å². The summed E-state index contributed by atoms with van der Waals surface area (Å²) < 4.78 is 13.5. The molecule has 0 bridgehead atoms. The van der Waals surface area contributed by atoms with Crippen LogP contribution in [0, 0.1) is 5.82 Å². The van der Waals surface area contributed by atoms with E-state index in [1.54, 1.807) is 12.1 Å². The molecular weight excluding hydrogens is 380 g/mol. The first kappa shape index (κ1) is 18.4. The predicted molar refractivity (Wildman–Crippen MR) is 90.2 cm³/mol. The number of rotatable bonds is 5. The molecule has 0 radical (unpaired) electrons. The van der Waals surface area contributed by atoms with Crippen molar-refractivity contribution in [1.82, 2.24) is 10.6 Å². The Bertz CT molecular complexity index is 385. The molecule has 0 spiro atoms. The van der Waals surface area contributed by atoms with Crippen LogP contribution in [-0.4, -0.2) is 25.6 Å². The summed E-state index contributed by atoms with van der Waals surface area (Å²) in [7, 11) is 0. The minimum absolute atomic E-state index is 0. The Morgan fingerprint density at radius 2 is 1.89 bits per heavy atom. The minimum atomic E-state index is -0.272. The average Bonchev–Trinajstić information content (AvgIpc) is 2.33. The van der Waals surface area contributed by atoms with Crippen molar-refractivity contribution >= 4 is 41.5 Å². The average molecular weight is 400 g/mol. The SMILES string of the molecule is CCNC(=NCCc1c(F)cccc1Cl)NCC.I. The van der Waals surface area contributed by atoms with Crippen LogP contribution < -0.4 is 10.6 Å². The molecule has 6 heteroatoms. The topological polar surface area (TPSA) is 36.4 Å². The molecule has 1 aromatic rings. The largest absolute Gasteiger partial charge is 0.357 e. The highest BCUT2D eigenvalue weighted by Crippen LogP contribution is 2.19. The number of nitrogens with zero attached hydrogens (tertiary/aromatic N) is 1. The number of hydrogen-bond donors (Lipinski definition) is 2. The summed E-state index contributed by atoms with van der Waals surface area (Å²) in [5, 5.41) is 6.68. The Labute approximate surface area is 136 Å². The molecule has 0 heterocycles. The highest BCUT2D eigenvalue weighted by molar-refractivity contribution is 14.0. The van der Waals surface area contributed by atoms with Gasteiger partial charge in [-0.3, -0.25) is 4.99 Å². The Balaban J connectivity index is 0.00000324. The first-order valence-electron chi connectivity index (χ1n) is 6.14. The first-order valence-corrected chi connectivity index (χ1v) is 6.51. The van der Waals surface area contributed by atoms with Crippen LogP contribution in [0.3, 0.4) is 0 Å². The molecule has 0 amide bonds. The zero-order valence-electron chi connectivity index (χ0n) is 11.2. The number of aliphatic imine (C=N–C) groups is 1. The predicted octanol–water partition coefficient (Wildman–Crippen LogP) is 3.21. The minimum Gasteiger partial charge on any atom is -0.357 e. The number of halogens is 3. The zero-order valence-corrected chi connectivity index (χ0v) is 14.3. The van der Waals surface area contributed by atoms with E-state index in [0.29, 0.717) is 23.6 Å². The molecule has 0 unspecified atom stereocenters. The summed E-state index contributed by atoms with van der Waals surface area (Å²) in [6, 6.07) is 4.72. The Kier molecular flexibility index (Phi) is 9.95. The summed E-state index contributed by atoms with van der Waals surface area (Å²) in [6.07, 6.45) is 0.492. The lowest BCUT2D eigenvalue weighted by Gasteiger charge is -2.09. The quantitative estimate of drug-likeness (QED) is 0.453. The number of guanidine groups is 1. The first-order chi connectivity index (χ1) is 8.69. The van der Waals surface area contributed by atoms with Crippen LogP contribution in [0.4, 0.5) is 4.39 Å². The fourth-order valence-corrected chi connectivity index (χ4v) is 1.82. The molecule has 1 rings (SSSR count). The monoisotopic (exact) mass is 399 g/mol. The van der Waals surface area contributed by atoms with Gasteiger partial charge >= 0.3 is 0 Å². The van der Waals surface area contributed by atoms with E-state index in [2.05, 4.69) is 15.6 Å². The lowest BCUT2D eigenvalue weighted by molar-refractivity contribution is 0.609. The van der Waals surface area contributed by atoms with E-state index in [4.69, 9.17) is 11.6 Å². The van der Waals surface area contributed by atoms with Gasteiger partial charge in [-0.15, -0.1) is 24.0 Å². The summed E-state index contributed by atoms with van der Waals surface area (Å²) in [6.45, 7) is 6.09. The van der Waals surface area contributed by atoms with Gasteiger partial charge in [0, 0.05) is 30.2 Å². The third-order valence-electron chi connectivity index (χ3n) is 2.38. The van der Waals surface area contributed by atoms with Gasteiger partial charge in [-0.25, -0.2) is 4.39 Å². The molecule has 0 aliphatic heterocycles. The molecule has 0 aromatic heterocycles. The van der Waals surface area contributed by atoms with Gasteiger partial charge in [0.25, 0.3) is 0 Å². The van der Waals surface area contributed by atoms with Crippen molar-refractivity contribution in [3.63, 3.8) is 0 Å². The van der Waals surface area contributed by atoms with E-state index in [9.17, 15) is 4.39 Å². The van der Waals surface area contributed by atoms with Crippen LogP contribution in [0.15, 0.2) is 23.2 Å². The maximum atomic E-state index is 13.5. The van der Waals surface area contributed by atoms with E-state index in [1.807, 2.05) is 13.8 Å². The van der Waals surface area contributed by atoms with Gasteiger partial charge in [-0.05, 0) is 32.4 Å². The summed E-state index contributed by atoms with van der Waals surface area (Å²) >= 11 is 5.95. The Hall–Kier alpha value is -0.560. The van der Waals surface area contributed by atoms with E-state index >= 15 is 0 Å². The fraction of sp³-hybridized carbons (Fsp3) is 0.462. The smallest absolute Gasteiger partial charge is 0.191 e. The maximum Gasteiger partial charge on any atom is 0.191 e. The van der Waals surface area contributed by atoms with Crippen molar-refractivity contribution in [3.8, 4) is 0 Å². The van der Waals surface area contributed by atoms with Gasteiger partial charge in [-0.2, -0.15) is 0 Å². The van der Waals surface area contributed by atoms with Gasteiger partial charge in [-0.1, -0.05) is 17.7 Å². The van der Waals surface area contributed by atoms with Crippen LogP contribution in [-0.2, 0) is 6.42 Å². The highest BCUT2D eigenvalue weighted by atomic mass is 127. The summed E-state index contributed by atoms with van der Waals surface area (Å²) in [5.74, 6) is 0.471. The van der Waals surface area contributed by atoms with Crippen LogP contribution in [0.2, 0.25) is 5.02 Å². The molecule has 0 aliphatic carbocycles. The molecule has 0 saturated carbocycles. The summed E-state index contributed by atoms with van der Waals surface area (Å²) in [4.78, 5) is 4.35. The molecule has 0 fully saturated rings. The molecule has 108 valence electrons. The molecular formula is C13H20ClFIN3. The fourth-order valence-electron chi connectivity index (χ4n) is 1.56. The van der Waals surface area contributed by atoms with Gasteiger partial charge in [0.2, 0.25) is 0 Å². The normalized spacial score (nSPS) is 9.47. The van der Waals surface area contributed by atoms with Gasteiger partial charge in [0.05, 0.1) is 0 Å². The molecule has 3 nitrogen and oxygen atoms in total. The van der Waals surface area contributed by atoms with Gasteiger partial charge < -0.3 is 10.6 Å². The second kappa shape index (κ2) is 10.3. The summed E-state index contributed by atoms with van der Waals surface area (Å²) in [5.41, 5.74) is 0.523. The lowest BCUT2D eigenvalue weighted by atomic mass is 10.1. The van der Waals surface area contributed by atoms with Crippen molar-refractivity contribution in [3.05, 3.63) is 34.6 Å². The second-order valence-corrected chi connectivity index (χ2v) is 4.15. The Morgan fingerprint density at radius 1 is 1.26 bits per heavy atom. The number of hydrogen-bond acceptors (Lipinski definition) is 1. The third-order valence-corrected chi connectivity index (χ3v) is 2.74. The van der Waals surface area contributed by atoms with Crippen molar-refractivity contribution in [2.75, 3.05) is 19.6 Å². The molecule has 1 aromatic carbocycles. The van der Waals surface area contributed by atoms with Crippen LogP contribution in [0.1, 0.15) is 19.4 Å². The van der Waals surface area contributed by atoms with Gasteiger partial charge in [0.15, 0.2) is 5.96 Å². The molecule has 0 saturated heterocycles. The van der Waals surface area contributed by atoms with Crippen molar-refractivity contribution in [2.24, 2.45) is 4.99 Å². The molecule has 0 aliphatic rings. The number of benzene rings is 1. The number of nitrogens with one attached hydrogen (secondary N) is 2. The van der Waals surface area contributed by atoms with Crippen LogP contribution in [0.5, 0.6) is 0 Å². The Morgan fingerprint density at radius 3 is 2.42 bits per heavy atom. The van der Waals surface area contributed by atoms with Crippen LogP contribution in [0.25, 0.3) is 0 Å².